The van der Waals surface area contributed by atoms with Crippen LogP contribution in [-0.2, 0) is 6.61 Å². The third kappa shape index (κ3) is 3.51. The van der Waals surface area contributed by atoms with E-state index < -0.39 is 0 Å². The molecule has 4 heteroatoms. The molecule has 0 bridgehead atoms. The van der Waals surface area contributed by atoms with E-state index in [0.717, 1.165) is 16.7 Å². The van der Waals surface area contributed by atoms with Gasteiger partial charge in [-0.3, -0.25) is 0 Å². The van der Waals surface area contributed by atoms with E-state index in [1.807, 2.05) is 31.2 Å². The monoisotopic (exact) mass is 275 g/mol. The summed E-state index contributed by atoms with van der Waals surface area (Å²) in [6.45, 7) is 2.16. The summed E-state index contributed by atoms with van der Waals surface area (Å²) in [5, 5.41) is 0. The Hall–Kier alpha value is -1.94. The maximum absolute atomic E-state index is 13.5. The Kier molecular flexibility index (Phi) is 4.12. The van der Waals surface area contributed by atoms with E-state index in [0.29, 0.717) is 4.99 Å². The number of nitrogens with two attached hydrogens (primary N) is 1. The molecule has 2 N–H and O–H groups in total. The van der Waals surface area contributed by atoms with Gasteiger partial charge in [0, 0.05) is 5.56 Å². The Morgan fingerprint density at radius 1 is 1.26 bits per heavy atom. The first-order chi connectivity index (χ1) is 9.06. The number of rotatable bonds is 4. The lowest BCUT2D eigenvalue weighted by Gasteiger charge is -2.09. The fourth-order valence-corrected chi connectivity index (χ4v) is 1.82. The highest BCUT2D eigenvalue weighted by atomic mass is 32.1. The van der Waals surface area contributed by atoms with Gasteiger partial charge in [-0.15, -0.1) is 0 Å². The van der Waals surface area contributed by atoms with E-state index in [4.69, 9.17) is 22.7 Å². The molecule has 0 aliphatic heterocycles. The average Bonchev–Trinajstić information content (AvgIpc) is 2.40. The van der Waals surface area contributed by atoms with Crippen molar-refractivity contribution >= 4 is 17.2 Å². The molecule has 2 aromatic carbocycles. The summed E-state index contributed by atoms with van der Waals surface area (Å²) in [5.74, 6) is -0.114. The number of benzene rings is 2. The SMILES string of the molecule is Cc1ccc(F)c(OCc2cccc(C(N)=S)c2)c1. The van der Waals surface area contributed by atoms with E-state index >= 15 is 0 Å². The molecule has 0 unspecified atom stereocenters. The van der Waals surface area contributed by atoms with Gasteiger partial charge in [-0.25, -0.2) is 4.39 Å². The van der Waals surface area contributed by atoms with Gasteiger partial charge in [0.05, 0.1) is 0 Å². The Morgan fingerprint density at radius 3 is 2.79 bits per heavy atom. The highest BCUT2D eigenvalue weighted by Crippen LogP contribution is 2.19. The zero-order valence-electron chi connectivity index (χ0n) is 10.5. The lowest BCUT2D eigenvalue weighted by Crippen LogP contribution is -2.09. The molecule has 0 aliphatic carbocycles. The number of hydrogen-bond donors (Lipinski definition) is 1. The van der Waals surface area contributed by atoms with Gasteiger partial charge in [-0.05, 0) is 36.2 Å². The minimum absolute atomic E-state index is 0.251. The van der Waals surface area contributed by atoms with Crippen LogP contribution in [0.3, 0.4) is 0 Å². The number of thiocarbonyl (C=S) groups is 1. The van der Waals surface area contributed by atoms with Gasteiger partial charge in [-0.2, -0.15) is 0 Å². The summed E-state index contributed by atoms with van der Waals surface area (Å²) in [5.41, 5.74) is 8.19. The molecular formula is C15H14FNOS. The third-order valence-electron chi connectivity index (χ3n) is 2.69. The van der Waals surface area contributed by atoms with Gasteiger partial charge in [-0.1, -0.05) is 36.5 Å². The van der Waals surface area contributed by atoms with Crippen molar-refractivity contribution in [1.29, 1.82) is 0 Å². The number of hydrogen-bond acceptors (Lipinski definition) is 2. The second-order valence-corrected chi connectivity index (χ2v) is 4.73. The zero-order chi connectivity index (χ0) is 13.8. The maximum atomic E-state index is 13.5. The molecule has 0 amide bonds. The van der Waals surface area contributed by atoms with Crippen LogP contribution in [0, 0.1) is 12.7 Å². The predicted molar refractivity (Wildman–Crippen MR) is 77.8 cm³/mol. The van der Waals surface area contributed by atoms with Crippen molar-refractivity contribution in [3.8, 4) is 5.75 Å². The summed E-state index contributed by atoms with van der Waals surface area (Å²) >= 11 is 4.91. The van der Waals surface area contributed by atoms with Crippen molar-refractivity contribution in [2.75, 3.05) is 0 Å². The predicted octanol–water partition coefficient (Wildman–Crippen LogP) is 3.35. The summed E-state index contributed by atoms with van der Waals surface area (Å²) in [7, 11) is 0. The smallest absolute Gasteiger partial charge is 0.165 e. The fourth-order valence-electron chi connectivity index (χ4n) is 1.70. The molecule has 98 valence electrons. The highest BCUT2D eigenvalue weighted by molar-refractivity contribution is 7.80. The Labute approximate surface area is 117 Å². The molecule has 0 saturated carbocycles. The van der Waals surface area contributed by atoms with Gasteiger partial charge in [0.25, 0.3) is 0 Å². The quantitative estimate of drug-likeness (QED) is 0.869. The van der Waals surface area contributed by atoms with Gasteiger partial charge >= 0.3 is 0 Å². The summed E-state index contributed by atoms with van der Waals surface area (Å²) in [4.78, 5) is 0.337. The highest BCUT2D eigenvalue weighted by Gasteiger charge is 2.04. The lowest BCUT2D eigenvalue weighted by molar-refractivity contribution is 0.290. The van der Waals surface area contributed by atoms with Crippen molar-refractivity contribution in [2.45, 2.75) is 13.5 Å². The minimum atomic E-state index is -0.365. The first-order valence-corrected chi connectivity index (χ1v) is 6.25. The number of ether oxygens (including phenoxy) is 1. The van der Waals surface area contributed by atoms with Crippen LogP contribution >= 0.6 is 12.2 Å². The van der Waals surface area contributed by atoms with Gasteiger partial charge in [0.2, 0.25) is 0 Å². The van der Waals surface area contributed by atoms with Crippen LogP contribution in [0.25, 0.3) is 0 Å². The molecule has 0 aromatic heterocycles. The van der Waals surface area contributed by atoms with E-state index in [2.05, 4.69) is 0 Å². The van der Waals surface area contributed by atoms with Gasteiger partial charge in [0.1, 0.15) is 11.6 Å². The molecule has 2 nitrogen and oxygen atoms in total. The molecule has 0 saturated heterocycles. The standard InChI is InChI=1S/C15H14FNOS/c1-10-5-6-13(16)14(7-10)18-9-11-3-2-4-12(8-11)15(17)19/h2-8H,9H2,1H3,(H2,17,19). The van der Waals surface area contributed by atoms with Crippen molar-refractivity contribution in [2.24, 2.45) is 5.73 Å². The average molecular weight is 275 g/mol. The summed E-state index contributed by atoms with van der Waals surface area (Å²) < 4.78 is 19.0. The first kappa shape index (κ1) is 13.5. The largest absolute Gasteiger partial charge is 0.486 e. The molecular weight excluding hydrogens is 261 g/mol. The van der Waals surface area contributed by atoms with Crippen LogP contribution < -0.4 is 10.5 Å². The van der Waals surface area contributed by atoms with Gasteiger partial charge < -0.3 is 10.5 Å². The van der Waals surface area contributed by atoms with Crippen LogP contribution in [0.4, 0.5) is 4.39 Å². The number of halogens is 1. The molecule has 0 heterocycles. The molecule has 0 radical (unpaired) electrons. The zero-order valence-corrected chi connectivity index (χ0v) is 11.3. The molecule has 0 atom stereocenters. The second kappa shape index (κ2) is 5.80. The molecule has 2 rings (SSSR count). The van der Waals surface area contributed by atoms with Crippen molar-refractivity contribution < 1.29 is 9.13 Å². The maximum Gasteiger partial charge on any atom is 0.165 e. The van der Waals surface area contributed by atoms with E-state index in [1.165, 1.54) is 6.07 Å². The van der Waals surface area contributed by atoms with E-state index in [1.54, 1.807) is 12.1 Å². The van der Waals surface area contributed by atoms with Crippen LogP contribution in [0.2, 0.25) is 0 Å². The molecule has 19 heavy (non-hydrogen) atoms. The van der Waals surface area contributed by atoms with Crippen LogP contribution in [0.15, 0.2) is 42.5 Å². The molecule has 0 aliphatic rings. The Morgan fingerprint density at radius 2 is 2.05 bits per heavy atom. The van der Waals surface area contributed by atoms with Crippen LogP contribution in [0.5, 0.6) is 5.75 Å². The first-order valence-electron chi connectivity index (χ1n) is 5.84. The Balaban J connectivity index is 2.12. The molecule has 0 fully saturated rings. The Bertz CT molecular complexity index is 613. The second-order valence-electron chi connectivity index (χ2n) is 4.29. The normalized spacial score (nSPS) is 10.2. The van der Waals surface area contributed by atoms with Crippen molar-refractivity contribution in [1.82, 2.24) is 0 Å². The third-order valence-corrected chi connectivity index (χ3v) is 2.93. The molecule has 0 spiro atoms. The minimum Gasteiger partial charge on any atom is -0.486 e. The van der Waals surface area contributed by atoms with Gasteiger partial charge in [0.15, 0.2) is 11.6 Å². The fraction of sp³-hybridized carbons (Fsp3) is 0.133. The van der Waals surface area contributed by atoms with Crippen LogP contribution in [-0.4, -0.2) is 4.99 Å². The molecule has 2 aromatic rings. The van der Waals surface area contributed by atoms with Crippen LogP contribution in [0.1, 0.15) is 16.7 Å². The summed E-state index contributed by atoms with van der Waals surface area (Å²) in [6.07, 6.45) is 0. The van der Waals surface area contributed by atoms with E-state index in [9.17, 15) is 4.39 Å². The summed E-state index contributed by atoms with van der Waals surface area (Å²) in [6, 6.07) is 12.2. The van der Waals surface area contributed by atoms with Crippen molar-refractivity contribution in [3.63, 3.8) is 0 Å². The van der Waals surface area contributed by atoms with E-state index in [-0.39, 0.29) is 18.2 Å². The van der Waals surface area contributed by atoms with Crippen molar-refractivity contribution in [3.05, 3.63) is 65.0 Å². The lowest BCUT2D eigenvalue weighted by atomic mass is 10.1. The topological polar surface area (TPSA) is 35.2 Å². The number of aryl methyl sites for hydroxylation is 1.